The van der Waals surface area contributed by atoms with Gasteiger partial charge >= 0.3 is 0 Å². The molecule has 5 heteroatoms. The van der Waals surface area contributed by atoms with Gasteiger partial charge < -0.3 is 15.0 Å². The average Bonchev–Trinajstić information content (AvgIpc) is 2.49. The normalized spacial score (nSPS) is 14.8. The van der Waals surface area contributed by atoms with Crippen LogP contribution in [0.15, 0.2) is 12.1 Å². The molecule has 1 aromatic carbocycles. The largest absolute Gasteiger partial charge is 0.378 e. The number of rotatable bonds is 4. The van der Waals surface area contributed by atoms with Gasteiger partial charge in [0.15, 0.2) is 0 Å². The molecule has 1 aromatic rings. The Kier molecular flexibility index (Phi) is 5.55. The summed E-state index contributed by atoms with van der Waals surface area (Å²) in [7, 11) is 0. The number of benzene rings is 1. The Labute approximate surface area is 131 Å². The van der Waals surface area contributed by atoms with E-state index in [2.05, 4.69) is 17.4 Å². The van der Waals surface area contributed by atoms with Gasteiger partial charge in [-0.25, -0.2) is 0 Å². The molecule has 0 radical (unpaired) electrons. The predicted octanol–water partition coefficient (Wildman–Crippen LogP) is 1.13. The van der Waals surface area contributed by atoms with E-state index in [1.54, 1.807) is 4.90 Å². The molecule has 0 saturated carbocycles. The molecule has 22 heavy (non-hydrogen) atoms. The first-order valence-electron chi connectivity index (χ1n) is 7.66. The Morgan fingerprint density at radius 2 is 1.73 bits per heavy atom. The van der Waals surface area contributed by atoms with E-state index in [-0.39, 0.29) is 18.4 Å². The van der Waals surface area contributed by atoms with Gasteiger partial charge in [-0.1, -0.05) is 17.7 Å². The molecule has 120 valence electrons. The molecule has 0 bridgehead atoms. The summed E-state index contributed by atoms with van der Waals surface area (Å²) in [6.07, 6.45) is 0.314. The number of carbonyl (C=O) groups is 2. The second-order valence-corrected chi connectivity index (χ2v) is 5.82. The van der Waals surface area contributed by atoms with Crippen molar-refractivity contribution in [2.75, 3.05) is 32.8 Å². The van der Waals surface area contributed by atoms with E-state index in [1.807, 2.05) is 20.8 Å². The zero-order valence-electron chi connectivity index (χ0n) is 13.6. The van der Waals surface area contributed by atoms with Crippen LogP contribution in [-0.2, 0) is 20.7 Å². The van der Waals surface area contributed by atoms with Gasteiger partial charge in [0.05, 0.1) is 26.2 Å². The lowest BCUT2D eigenvalue weighted by atomic mass is 9.97. The summed E-state index contributed by atoms with van der Waals surface area (Å²) in [5, 5.41) is 2.73. The van der Waals surface area contributed by atoms with Gasteiger partial charge in [0.2, 0.25) is 11.8 Å². The van der Waals surface area contributed by atoms with Gasteiger partial charge in [-0.15, -0.1) is 0 Å². The Bertz CT molecular complexity index is 540. The lowest BCUT2D eigenvalue weighted by Gasteiger charge is -2.26. The lowest BCUT2D eigenvalue weighted by Crippen LogP contribution is -2.45. The van der Waals surface area contributed by atoms with E-state index in [0.717, 1.165) is 16.7 Å². The molecular weight excluding hydrogens is 280 g/mol. The molecule has 1 saturated heterocycles. The van der Waals surface area contributed by atoms with Crippen LogP contribution in [0.3, 0.4) is 0 Å². The summed E-state index contributed by atoms with van der Waals surface area (Å²) < 4.78 is 5.21. The van der Waals surface area contributed by atoms with Crippen molar-refractivity contribution in [3.63, 3.8) is 0 Å². The van der Waals surface area contributed by atoms with E-state index in [0.29, 0.717) is 32.7 Å². The van der Waals surface area contributed by atoms with Crippen LogP contribution >= 0.6 is 0 Å². The maximum atomic E-state index is 12.1. The highest BCUT2D eigenvalue weighted by Crippen LogP contribution is 2.16. The summed E-state index contributed by atoms with van der Waals surface area (Å²) in [6, 6.07) is 4.16. The SMILES string of the molecule is Cc1cc(C)c(CC(=O)NCC(=O)N2CCOCC2)c(C)c1. The molecule has 1 aliphatic rings. The zero-order chi connectivity index (χ0) is 16.1. The predicted molar refractivity (Wildman–Crippen MR) is 84.8 cm³/mol. The van der Waals surface area contributed by atoms with Crippen molar-refractivity contribution < 1.29 is 14.3 Å². The van der Waals surface area contributed by atoms with Crippen LogP contribution in [0.1, 0.15) is 22.3 Å². The number of carbonyl (C=O) groups excluding carboxylic acids is 2. The highest BCUT2D eigenvalue weighted by Gasteiger charge is 2.17. The lowest BCUT2D eigenvalue weighted by molar-refractivity contribution is -0.136. The fourth-order valence-electron chi connectivity index (χ4n) is 2.81. The van der Waals surface area contributed by atoms with Crippen LogP contribution in [0, 0.1) is 20.8 Å². The summed E-state index contributed by atoms with van der Waals surface area (Å²) in [4.78, 5) is 25.8. The van der Waals surface area contributed by atoms with E-state index in [9.17, 15) is 9.59 Å². The Morgan fingerprint density at radius 3 is 2.32 bits per heavy atom. The maximum absolute atomic E-state index is 12.1. The molecule has 2 rings (SSSR count). The van der Waals surface area contributed by atoms with E-state index < -0.39 is 0 Å². The van der Waals surface area contributed by atoms with E-state index in [1.165, 1.54) is 5.56 Å². The molecule has 0 unspecified atom stereocenters. The number of nitrogens with one attached hydrogen (secondary N) is 1. The van der Waals surface area contributed by atoms with Crippen molar-refractivity contribution >= 4 is 11.8 Å². The third-order valence-corrected chi connectivity index (χ3v) is 3.98. The second kappa shape index (κ2) is 7.40. The number of ether oxygens (including phenoxy) is 1. The van der Waals surface area contributed by atoms with Crippen molar-refractivity contribution in [2.45, 2.75) is 27.2 Å². The van der Waals surface area contributed by atoms with Gasteiger partial charge in [-0.3, -0.25) is 9.59 Å². The number of aryl methyl sites for hydroxylation is 3. The van der Waals surface area contributed by atoms with Gasteiger partial charge in [0.1, 0.15) is 0 Å². The van der Waals surface area contributed by atoms with Crippen molar-refractivity contribution in [1.29, 1.82) is 0 Å². The minimum absolute atomic E-state index is 0.0472. The molecule has 0 aliphatic carbocycles. The van der Waals surface area contributed by atoms with Crippen molar-refractivity contribution in [3.05, 3.63) is 34.4 Å². The molecule has 0 spiro atoms. The quantitative estimate of drug-likeness (QED) is 0.907. The molecule has 1 fully saturated rings. The smallest absolute Gasteiger partial charge is 0.242 e. The van der Waals surface area contributed by atoms with Crippen molar-refractivity contribution in [3.8, 4) is 0 Å². The Hall–Kier alpha value is -1.88. The number of hydrogen-bond donors (Lipinski definition) is 1. The molecule has 2 amide bonds. The number of morpholine rings is 1. The molecule has 1 heterocycles. The highest BCUT2D eigenvalue weighted by molar-refractivity contribution is 5.86. The van der Waals surface area contributed by atoms with Gasteiger partial charge in [0, 0.05) is 13.1 Å². The van der Waals surface area contributed by atoms with Crippen LogP contribution in [0.5, 0.6) is 0 Å². The minimum atomic E-state index is -0.114. The van der Waals surface area contributed by atoms with Gasteiger partial charge in [-0.05, 0) is 37.5 Å². The monoisotopic (exact) mass is 304 g/mol. The first-order chi connectivity index (χ1) is 10.5. The Morgan fingerprint density at radius 1 is 1.14 bits per heavy atom. The molecule has 1 aliphatic heterocycles. The first kappa shape index (κ1) is 16.5. The highest BCUT2D eigenvalue weighted by atomic mass is 16.5. The van der Waals surface area contributed by atoms with Crippen LogP contribution in [0.25, 0.3) is 0 Å². The summed E-state index contributed by atoms with van der Waals surface area (Å²) in [6.45, 7) is 8.48. The van der Waals surface area contributed by atoms with Crippen molar-refractivity contribution in [2.24, 2.45) is 0 Å². The molecule has 5 nitrogen and oxygen atoms in total. The number of hydrogen-bond acceptors (Lipinski definition) is 3. The average molecular weight is 304 g/mol. The van der Waals surface area contributed by atoms with Crippen molar-refractivity contribution in [1.82, 2.24) is 10.2 Å². The van der Waals surface area contributed by atoms with Gasteiger partial charge in [-0.2, -0.15) is 0 Å². The Balaban J connectivity index is 1.87. The fourth-order valence-corrected chi connectivity index (χ4v) is 2.81. The molecule has 0 aromatic heterocycles. The minimum Gasteiger partial charge on any atom is -0.378 e. The van der Waals surface area contributed by atoms with Gasteiger partial charge in [0.25, 0.3) is 0 Å². The first-order valence-corrected chi connectivity index (χ1v) is 7.66. The topological polar surface area (TPSA) is 58.6 Å². The van der Waals surface area contributed by atoms with Crippen LogP contribution in [0.4, 0.5) is 0 Å². The maximum Gasteiger partial charge on any atom is 0.242 e. The van der Waals surface area contributed by atoms with Crippen LogP contribution in [-0.4, -0.2) is 49.6 Å². The van der Waals surface area contributed by atoms with E-state index in [4.69, 9.17) is 4.74 Å². The van der Waals surface area contributed by atoms with Crippen LogP contribution < -0.4 is 5.32 Å². The molecule has 1 N–H and O–H groups in total. The number of amides is 2. The third kappa shape index (κ3) is 4.31. The summed E-state index contributed by atoms with van der Waals surface area (Å²) in [5.74, 6) is -0.161. The zero-order valence-corrected chi connectivity index (χ0v) is 13.6. The third-order valence-electron chi connectivity index (χ3n) is 3.98. The van der Waals surface area contributed by atoms with Crippen LogP contribution in [0.2, 0.25) is 0 Å². The molecular formula is C17H24N2O3. The standard InChI is InChI=1S/C17H24N2O3/c1-12-8-13(2)15(14(3)9-12)10-16(20)18-11-17(21)19-4-6-22-7-5-19/h8-9H,4-7,10-11H2,1-3H3,(H,18,20). The summed E-state index contributed by atoms with van der Waals surface area (Å²) >= 11 is 0. The number of nitrogens with zero attached hydrogens (tertiary/aromatic N) is 1. The summed E-state index contributed by atoms with van der Waals surface area (Å²) in [5.41, 5.74) is 4.47. The van der Waals surface area contributed by atoms with E-state index >= 15 is 0 Å². The second-order valence-electron chi connectivity index (χ2n) is 5.82. The molecule has 0 atom stereocenters. The fraction of sp³-hybridized carbons (Fsp3) is 0.529.